The number of carbonyl (C=O) groups is 3. The van der Waals surface area contributed by atoms with Crippen LogP contribution in [0.4, 0.5) is 16.2 Å². The summed E-state index contributed by atoms with van der Waals surface area (Å²) >= 11 is 9.57. The van der Waals surface area contributed by atoms with Crippen molar-refractivity contribution in [2.24, 2.45) is 5.92 Å². The molecule has 2 aliphatic heterocycles. The van der Waals surface area contributed by atoms with E-state index in [-0.39, 0.29) is 24.4 Å². The zero-order chi connectivity index (χ0) is 25.8. The molecule has 0 bridgehead atoms. The number of nitrogens with two attached hydrogens (primary N) is 1. The summed E-state index contributed by atoms with van der Waals surface area (Å²) in [6, 6.07) is 11.3. The molecule has 10 heteroatoms. The van der Waals surface area contributed by atoms with Gasteiger partial charge in [-0.1, -0.05) is 29.8 Å². The molecule has 192 valence electrons. The first-order valence-electron chi connectivity index (χ1n) is 12.0. The van der Waals surface area contributed by atoms with Crippen LogP contribution >= 0.6 is 27.5 Å². The number of carbonyl (C=O) groups excluding carboxylic acids is 3. The van der Waals surface area contributed by atoms with Crippen molar-refractivity contribution in [1.82, 2.24) is 9.80 Å². The zero-order valence-corrected chi connectivity index (χ0v) is 22.5. The Kier molecular flexibility index (Phi) is 8.41. The Balaban J connectivity index is 1.35. The van der Waals surface area contributed by atoms with Crippen molar-refractivity contribution < 1.29 is 19.1 Å². The number of fused-ring (bicyclic) bond motifs is 1. The first-order valence-corrected chi connectivity index (χ1v) is 13.2. The van der Waals surface area contributed by atoms with Crippen LogP contribution in [-0.2, 0) is 27.2 Å². The van der Waals surface area contributed by atoms with Gasteiger partial charge in [-0.2, -0.15) is 0 Å². The largest absolute Gasteiger partial charge is 0.469 e. The van der Waals surface area contributed by atoms with Gasteiger partial charge in [0.1, 0.15) is 0 Å². The van der Waals surface area contributed by atoms with Crippen LogP contribution in [0.1, 0.15) is 30.4 Å². The quantitative estimate of drug-likeness (QED) is 0.389. The average molecular weight is 578 g/mol. The molecule has 2 aliphatic rings. The fraction of sp³-hybridized carbons (Fsp3) is 0.423. The first kappa shape index (κ1) is 26.3. The van der Waals surface area contributed by atoms with Gasteiger partial charge < -0.3 is 25.6 Å². The van der Waals surface area contributed by atoms with Gasteiger partial charge in [-0.25, -0.2) is 4.79 Å². The second-order valence-electron chi connectivity index (χ2n) is 9.24. The van der Waals surface area contributed by atoms with Gasteiger partial charge in [-0.3, -0.25) is 9.59 Å². The highest BCUT2D eigenvalue weighted by molar-refractivity contribution is 9.10. The number of rotatable bonds is 6. The van der Waals surface area contributed by atoms with Crippen molar-refractivity contribution in [2.75, 3.05) is 37.8 Å². The summed E-state index contributed by atoms with van der Waals surface area (Å²) in [4.78, 5) is 42.1. The first-order chi connectivity index (χ1) is 17.3. The highest BCUT2D eigenvalue weighted by Crippen LogP contribution is 2.31. The van der Waals surface area contributed by atoms with E-state index in [4.69, 9.17) is 22.1 Å². The van der Waals surface area contributed by atoms with E-state index in [9.17, 15) is 14.4 Å². The maximum atomic E-state index is 13.1. The van der Waals surface area contributed by atoms with E-state index >= 15 is 0 Å². The predicted octanol–water partition coefficient (Wildman–Crippen LogP) is 4.49. The number of ether oxygens (including phenoxy) is 1. The van der Waals surface area contributed by atoms with Gasteiger partial charge in [0.2, 0.25) is 5.91 Å². The Bertz CT molecular complexity index is 1130. The number of anilines is 2. The van der Waals surface area contributed by atoms with E-state index < -0.39 is 11.9 Å². The molecule has 3 N–H and O–H groups in total. The molecule has 1 saturated heterocycles. The summed E-state index contributed by atoms with van der Waals surface area (Å²) in [5.41, 5.74) is 9.10. The van der Waals surface area contributed by atoms with Crippen molar-refractivity contribution in [1.29, 1.82) is 0 Å². The molecule has 0 saturated carbocycles. The normalized spacial score (nSPS) is 17.1. The number of hydrogen-bond donors (Lipinski definition) is 2. The SMILES string of the molecule is COC(=O)[C@H](CC(=O)N1CCC(N2CCc3ccccc3NC2=O)CC1)Cc1cc(Cl)c(N)c(Br)c1. The highest BCUT2D eigenvalue weighted by atomic mass is 79.9. The second-order valence-corrected chi connectivity index (χ2v) is 10.5. The maximum Gasteiger partial charge on any atom is 0.322 e. The number of nitrogen functional groups attached to an aromatic ring is 1. The molecule has 0 radical (unpaired) electrons. The Morgan fingerprint density at radius 3 is 2.64 bits per heavy atom. The van der Waals surface area contributed by atoms with Crippen LogP contribution in [0.3, 0.4) is 0 Å². The van der Waals surface area contributed by atoms with Crippen molar-refractivity contribution in [2.45, 2.75) is 38.1 Å². The molecular formula is C26H30BrClN4O4. The molecule has 2 aromatic carbocycles. The van der Waals surface area contributed by atoms with E-state index in [1.807, 2.05) is 29.2 Å². The topological polar surface area (TPSA) is 105 Å². The number of para-hydroxylation sites is 1. The standard InChI is InChI=1S/C26H30BrClN4O4/c1-36-25(34)18(12-16-13-20(27)24(29)21(28)14-16)15-23(33)31-9-7-19(8-10-31)32-11-6-17-4-2-3-5-22(17)30-26(32)35/h2-5,13-14,18-19H,6-12,15,29H2,1H3,(H,30,35)/t18-/m0/s1. The average Bonchev–Trinajstić information content (AvgIpc) is 3.04. The Morgan fingerprint density at radius 2 is 1.94 bits per heavy atom. The van der Waals surface area contributed by atoms with E-state index in [0.29, 0.717) is 54.1 Å². The lowest BCUT2D eigenvalue weighted by molar-refractivity contribution is -0.149. The van der Waals surface area contributed by atoms with Gasteiger partial charge in [0.25, 0.3) is 0 Å². The molecular weight excluding hydrogens is 548 g/mol. The minimum absolute atomic E-state index is 0.0382. The number of nitrogens with one attached hydrogen (secondary N) is 1. The minimum Gasteiger partial charge on any atom is -0.469 e. The third-order valence-electron chi connectivity index (χ3n) is 6.98. The van der Waals surface area contributed by atoms with Crippen LogP contribution in [0.15, 0.2) is 40.9 Å². The number of urea groups is 1. The molecule has 2 heterocycles. The predicted molar refractivity (Wildman–Crippen MR) is 143 cm³/mol. The van der Waals surface area contributed by atoms with Crippen LogP contribution in [0.2, 0.25) is 5.02 Å². The monoisotopic (exact) mass is 576 g/mol. The summed E-state index contributed by atoms with van der Waals surface area (Å²) in [6.45, 7) is 1.71. The van der Waals surface area contributed by atoms with E-state index in [0.717, 1.165) is 23.2 Å². The Labute approximate surface area is 224 Å². The lowest BCUT2D eigenvalue weighted by Crippen LogP contribution is -2.50. The van der Waals surface area contributed by atoms with Crippen molar-refractivity contribution in [3.8, 4) is 0 Å². The summed E-state index contributed by atoms with van der Waals surface area (Å²) < 4.78 is 5.61. The molecule has 0 spiro atoms. The smallest absolute Gasteiger partial charge is 0.322 e. The molecule has 0 unspecified atom stereocenters. The lowest BCUT2D eigenvalue weighted by Gasteiger charge is -2.38. The maximum absolute atomic E-state index is 13.1. The molecule has 1 fully saturated rings. The highest BCUT2D eigenvalue weighted by Gasteiger charge is 2.33. The van der Waals surface area contributed by atoms with E-state index in [2.05, 4.69) is 21.2 Å². The fourth-order valence-corrected chi connectivity index (χ4v) is 5.81. The van der Waals surface area contributed by atoms with Gasteiger partial charge in [0, 0.05) is 42.3 Å². The molecule has 1 atom stereocenters. The number of nitrogens with zero attached hydrogens (tertiary/aromatic N) is 2. The number of piperidine rings is 1. The Hall–Kier alpha value is -2.78. The van der Waals surface area contributed by atoms with Crippen molar-refractivity contribution in [3.63, 3.8) is 0 Å². The van der Waals surface area contributed by atoms with Crippen LogP contribution in [0.25, 0.3) is 0 Å². The van der Waals surface area contributed by atoms with Crippen molar-refractivity contribution in [3.05, 3.63) is 57.0 Å². The lowest BCUT2D eigenvalue weighted by atomic mass is 9.94. The molecule has 8 nitrogen and oxygen atoms in total. The number of halogens is 2. The number of benzene rings is 2. The van der Waals surface area contributed by atoms with Crippen LogP contribution < -0.4 is 11.1 Å². The van der Waals surface area contributed by atoms with Gasteiger partial charge in [0.05, 0.1) is 23.7 Å². The molecule has 3 amide bonds. The third kappa shape index (κ3) is 5.95. The summed E-state index contributed by atoms with van der Waals surface area (Å²) in [6.07, 6.45) is 2.52. The summed E-state index contributed by atoms with van der Waals surface area (Å²) in [7, 11) is 1.32. The molecule has 0 aliphatic carbocycles. The summed E-state index contributed by atoms with van der Waals surface area (Å²) in [5.74, 6) is -1.18. The number of likely N-dealkylation sites (tertiary alicyclic amines) is 1. The zero-order valence-electron chi connectivity index (χ0n) is 20.1. The number of amides is 3. The number of methoxy groups -OCH3 is 1. The van der Waals surface area contributed by atoms with Gasteiger partial charge in [0.15, 0.2) is 0 Å². The molecule has 2 aromatic rings. The second kappa shape index (κ2) is 11.5. The van der Waals surface area contributed by atoms with E-state index in [1.54, 1.807) is 17.0 Å². The number of hydrogen-bond acceptors (Lipinski definition) is 5. The Morgan fingerprint density at radius 1 is 1.22 bits per heavy atom. The molecule has 36 heavy (non-hydrogen) atoms. The van der Waals surface area contributed by atoms with Crippen molar-refractivity contribution >= 4 is 56.8 Å². The molecule has 0 aromatic heterocycles. The van der Waals surface area contributed by atoms with Crippen LogP contribution in [-0.4, -0.2) is 60.5 Å². The number of esters is 1. The fourth-order valence-electron chi connectivity index (χ4n) is 4.95. The minimum atomic E-state index is -0.637. The molecule has 4 rings (SSSR count). The van der Waals surface area contributed by atoms with Crippen LogP contribution in [0, 0.1) is 5.92 Å². The van der Waals surface area contributed by atoms with Gasteiger partial charge in [-0.15, -0.1) is 0 Å². The van der Waals surface area contributed by atoms with Crippen LogP contribution in [0.5, 0.6) is 0 Å². The van der Waals surface area contributed by atoms with Gasteiger partial charge >= 0.3 is 12.0 Å². The van der Waals surface area contributed by atoms with Gasteiger partial charge in [-0.05, 0) is 70.9 Å². The summed E-state index contributed by atoms with van der Waals surface area (Å²) in [5, 5.41) is 3.40. The van der Waals surface area contributed by atoms with E-state index in [1.165, 1.54) is 7.11 Å². The third-order valence-corrected chi connectivity index (χ3v) is 7.95.